The number of benzene rings is 1. The Kier molecular flexibility index (Phi) is 3.02. The zero-order valence-electron chi connectivity index (χ0n) is 12.6. The van der Waals surface area contributed by atoms with Crippen molar-refractivity contribution in [1.82, 2.24) is 9.78 Å². The molecule has 1 aromatic carbocycles. The number of hydrogen-bond donors (Lipinski definition) is 1. The number of hydrogen-bond acceptors (Lipinski definition) is 2. The van der Waals surface area contributed by atoms with E-state index >= 15 is 0 Å². The van der Waals surface area contributed by atoms with Gasteiger partial charge in [-0.1, -0.05) is 24.6 Å². The van der Waals surface area contributed by atoms with Crippen LogP contribution in [-0.2, 0) is 6.42 Å². The molecule has 2 bridgehead atoms. The summed E-state index contributed by atoms with van der Waals surface area (Å²) in [6, 6.07) is 10.2. The molecule has 3 unspecified atom stereocenters. The molecule has 2 N–H and O–H groups in total. The van der Waals surface area contributed by atoms with Crippen LogP contribution in [0.5, 0.6) is 0 Å². The Morgan fingerprint density at radius 3 is 2.67 bits per heavy atom. The monoisotopic (exact) mass is 281 g/mol. The summed E-state index contributed by atoms with van der Waals surface area (Å²) in [5.41, 5.74) is 9.71. The van der Waals surface area contributed by atoms with Crippen molar-refractivity contribution in [2.75, 3.05) is 5.73 Å². The number of nitrogen functional groups attached to an aromatic ring is 1. The van der Waals surface area contributed by atoms with Crippen molar-refractivity contribution in [3.8, 4) is 5.69 Å². The average molecular weight is 281 g/mol. The van der Waals surface area contributed by atoms with Gasteiger partial charge in [0.15, 0.2) is 0 Å². The lowest BCUT2D eigenvalue weighted by molar-refractivity contribution is 0.328. The lowest BCUT2D eigenvalue weighted by Crippen LogP contribution is -2.14. The third-order valence-corrected chi connectivity index (χ3v) is 5.61. The third kappa shape index (κ3) is 2.15. The Labute approximate surface area is 126 Å². The van der Waals surface area contributed by atoms with E-state index in [1.807, 2.05) is 22.9 Å². The zero-order valence-corrected chi connectivity index (χ0v) is 12.6. The molecule has 0 radical (unpaired) electrons. The highest BCUT2D eigenvalue weighted by atomic mass is 15.3. The van der Waals surface area contributed by atoms with Gasteiger partial charge in [-0.15, -0.1) is 0 Å². The molecule has 1 aromatic heterocycles. The van der Waals surface area contributed by atoms with Crippen molar-refractivity contribution in [2.45, 2.75) is 39.0 Å². The van der Waals surface area contributed by atoms with Crippen LogP contribution in [0.1, 0.15) is 36.9 Å². The molecule has 2 aromatic rings. The van der Waals surface area contributed by atoms with Gasteiger partial charge in [0.25, 0.3) is 0 Å². The highest BCUT2D eigenvalue weighted by Gasteiger charge is 2.39. The van der Waals surface area contributed by atoms with E-state index in [-0.39, 0.29) is 0 Å². The van der Waals surface area contributed by atoms with Crippen LogP contribution in [0.15, 0.2) is 30.3 Å². The number of para-hydroxylation sites is 1. The molecule has 2 aliphatic rings. The Bertz CT molecular complexity index is 644. The predicted octanol–water partition coefficient (Wildman–Crippen LogP) is 3.74. The van der Waals surface area contributed by atoms with Crippen LogP contribution in [0.2, 0.25) is 0 Å². The molecular weight excluding hydrogens is 258 g/mol. The first kappa shape index (κ1) is 12.9. The maximum Gasteiger partial charge on any atom is 0.130 e. The smallest absolute Gasteiger partial charge is 0.130 e. The summed E-state index contributed by atoms with van der Waals surface area (Å²) < 4.78 is 1.90. The average Bonchev–Trinajstić information content (AvgIpc) is 3.19. The second-order valence-corrected chi connectivity index (χ2v) is 6.84. The minimum absolute atomic E-state index is 0.791. The molecule has 0 aliphatic heterocycles. The summed E-state index contributed by atoms with van der Waals surface area (Å²) >= 11 is 0. The molecule has 21 heavy (non-hydrogen) atoms. The Morgan fingerprint density at radius 1 is 1.19 bits per heavy atom. The number of aromatic nitrogens is 2. The minimum Gasteiger partial charge on any atom is -0.383 e. The van der Waals surface area contributed by atoms with Gasteiger partial charge < -0.3 is 5.73 Å². The second-order valence-electron chi connectivity index (χ2n) is 6.84. The highest BCUT2D eigenvalue weighted by molar-refractivity contribution is 5.49. The molecule has 0 spiro atoms. The molecule has 3 nitrogen and oxygen atoms in total. The molecule has 2 aliphatic carbocycles. The first-order valence-electron chi connectivity index (χ1n) is 8.11. The van der Waals surface area contributed by atoms with Crippen LogP contribution < -0.4 is 5.73 Å². The minimum atomic E-state index is 0.791. The summed E-state index contributed by atoms with van der Waals surface area (Å²) in [6.07, 6.45) is 6.86. The fourth-order valence-electron chi connectivity index (χ4n) is 4.39. The maximum absolute atomic E-state index is 6.29. The van der Waals surface area contributed by atoms with Gasteiger partial charge in [-0.05, 0) is 62.5 Å². The highest BCUT2D eigenvalue weighted by Crippen LogP contribution is 2.49. The van der Waals surface area contributed by atoms with Crippen molar-refractivity contribution in [3.05, 3.63) is 41.6 Å². The third-order valence-electron chi connectivity index (χ3n) is 5.61. The van der Waals surface area contributed by atoms with Crippen molar-refractivity contribution in [3.63, 3.8) is 0 Å². The Balaban J connectivity index is 1.62. The lowest BCUT2D eigenvalue weighted by atomic mass is 9.85. The van der Waals surface area contributed by atoms with Crippen molar-refractivity contribution in [2.24, 2.45) is 17.8 Å². The molecular formula is C18H23N3. The van der Waals surface area contributed by atoms with E-state index in [1.54, 1.807) is 0 Å². The lowest BCUT2D eigenvalue weighted by Gasteiger charge is -2.20. The van der Waals surface area contributed by atoms with E-state index in [0.717, 1.165) is 35.7 Å². The summed E-state index contributed by atoms with van der Waals surface area (Å²) in [5, 5.41) is 4.82. The summed E-state index contributed by atoms with van der Waals surface area (Å²) in [4.78, 5) is 0. The van der Waals surface area contributed by atoms with Crippen LogP contribution in [-0.4, -0.2) is 9.78 Å². The van der Waals surface area contributed by atoms with Gasteiger partial charge in [-0.2, -0.15) is 5.10 Å². The molecule has 0 saturated heterocycles. The maximum atomic E-state index is 6.29. The molecule has 1 heterocycles. The van der Waals surface area contributed by atoms with Crippen LogP contribution in [0.25, 0.3) is 5.69 Å². The molecule has 2 fully saturated rings. The van der Waals surface area contributed by atoms with Crippen molar-refractivity contribution < 1.29 is 0 Å². The second kappa shape index (κ2) is 4.90. The quantitative estimate of drug-likeness (QED) is 0.931. The van der Waals surface area contributed by atoms with Gasteiger partial charge in [-0.25, -0.2) is 4.68 Å². The molecule has 110 valence electrons. The Morgan fingerprint density at radius 2 is 2.00 bits per heavy atom. The molecule has 3 atom stereocenters. The Hall–Kier alpha value is -1.77. The largest absolute Gasteiger partial charge is 0.383 e. The molecule has 4 rings (SSSR count). The predicted molar refractivity (Wildman–Crippen MR) is 85.4 cm³/mol. The number of nitrogens with zero attached hydrogens (tertiary/aromatic N) is 2. The van der Waals surface area contributed by atoms with E-state index in [0.29, 0.717) is 0 Å². The van der Waals surface area contributed by atoms with E-state index in [9.17, 15) is 0 Å². The number of nitrogens with two attached hydrogens (primary N) is 1. The van der Waals surface area contributed by atoms with Gasteiger partial charge in [0.2, 0.25) is 0 Å². The van der Waals surface area contributed by atoms with E-state index in [1.165, 1.54) is 36.9 Å². The summed E-state index contributed by atoms with van der Waals surface area (Å²) in [5.74, 6) is 3.56. The van der Waals surface area contributed by atoms with Crippen molar-refractivity contribution in [1.29, 1.82) is 0 Å². The fraction of sp³-hybridized carbons (Fsp3) is 0.500. The SMILES string of the molecule is Cc1c(CC2CC3CCC2C3)nn(-c2ccccc2)c1N. The first-order chi connectivity index (χ1) is 10.2. The number of fused-ring (bicyclic) bond motifs is 2. The normalized spacial score (nSPS) is 27.4. The van der Waals surface area contributed by atoms with Gasteiger partial charge in [0.1, 0.15) is 5.82 Å². The van der Waals surface area contributed by atoms with Gasteiger partial charge >= 0.3 is 0 Å². The fourth-order valence-corrected chi connectivity index (χ4v) is 4.39. The topological polar surface area (TPSA) is 43.8 Å². The summed E-state index contributed by atoms with van der Waals surface area (Å²) in [7, 11) is 0. The molecule has 2 saturated carbocycles. The first-order valence-corrected chi connectivity index (χ1v) is 8.11. The van der Waals surface area contributed by atoms with Crippen LogP contribution in [0.4, 0.5) is 5.82 Å². The van der Waals surface area contributed by atoms with E-state index in [4.69, 9.17) is 10.8 Å². The van der Waals surface area contributed by atoms with Gasteiger partial charge in [-0.3, -0.25) is 0 Å². The van der Waals surface area contributed by atoms with E-state index in [2.05, 4.69) is 19.1 Å². The van der Waals surface area contributed by atoms with Crippen LogP contribution in [0.3, 0.4) is 0 Å². The summed E-state index contributed by atoms with van der Waals surface area (Å²) in [6.45, 7) is 2.12. The molecule has 0 amide bonds. The standard InChI is InChI=1S/C18H23N3/c1-12-17(11-15-10-13-7-8-14(15)9-13)20-21(18(12)19)16-5-3-2-4-6-16/h2-6,13-15H,7-11,19H2,1H3. The zero-order chi connectivity index (χ0) is 14.4. The van der Waals surface area contributed by atoms with Crippen LogP contribution in [0, 0.1) is 24.7 Å². The van der Waals surface area contributed by atoms with Gasteiger partial charge in [0.05, 0.1) is 11.4 Å². The van der Waals surface area contributed by atoms with Crippen molar-refractivity contribution >= 4 is 5.82 Å². The number of rotatable bonds is 3. The van der Waals surface area contributed by atoms with E-state index < -0.39 is 0 Å². The van der Waals surface area contributed by atoms with Crippen LogP contribution >= 0.6 is 0 Å². The van der Waals surface area contributed by atoms with Gasteiger partial charge in [0, 0.05) is 5.56 Å². The number of anilines is 1. The molecule has 3 heteroatoms.